The molecule has 0 aliphatic carbocycles. The van der Waals surface area contributed by atoms with E-state index in [4.69, 9.17) is 27.9 Å². The molecule has 0 radical (unpaired) electrons. The number of benzene rings is 2. The van der Waals surface area contributed by atoms with Crippen LogP contribution in [0, 0.1) is 0 Å². The average Bonchev–Trinajstić information content (AvgIpc) is 2.44. The van der Waals surface area contributed by atoms with Crippen molar-refractivity contribution < 1.29 is 14.6 Å². The Morgan fingerprint density at radius 3 is 2.57 bits per heavy atom. The molecule has 2 N–H and O–H groups in total. The first-order chi connectivity index (χ1) is 10.0. The second-order valence-corrected chi connectivity index (χ2v) is 5.06. The van der Waals surface area contributed by atoms with E-state index in [1.54, 1.807) is 18.2 Å². The predicted molar refractivity (Wildman–Crippen MR) is 83.7 cm³/mol. The Hall–Kier alpha value is -1.91. The van der Waals surface area contributed by atoms with Crippen molar-refractivity contribution in [2.24, 2.45) is 0 Å². The molecule has 21 heavy (non-hydrogen) atoms. The Balaban J connectivity index is 2.31. The summed E-state index contributed by atoms with van der Waals surface area (Å²) in [5.74, 6) is -0.160. The summed E-state index contributed by atoms with van der Waals surface area (Å²) in [6.45, 7) is 2.29. The minimum Gasteiger partial charge on any atom is -0.507 e. The molecule has 0 unspecified atom stereocenters. The van der Waals surface area contributed by atoms with Crippen LogP contribution in [0.5, 0.6) is 11.5 Å². The summed E-state index contributed by atoms with van der Waals surface area (Å²) in [5, 5.41) is 13.2. The third-order valence-electron chi connectivity index (χ3n) is 2.69. The number of phenols is 1. The fourth-order valence-corrected chi connectivity index (χ4v) is 2.11. The van der Waals surface area contributed by atoms with Gasteiger partial charge in [-0.3, -0.25) is 4.79 Å². The zero-order valence-electron chi connectivity index (χ0n) is 11.2. The van der Waals surface area contributed by atoms with Crippen LogP contribution in [0.15, 0.2) is 36.4 Å². The fraction of sp³-hybridized carbons (Fsp3) is 0.133. The number of carbonyl (C=O) groups is 1. The van der Waals surface area contributed by atoms with Gasteiger partial charge in [-0.1, -0.05) is 23.2 Å². The number of carbonyl (C=O) groups excluding carboxylic acids is 1. The van der Waals surface area contributed by atoms with Crippen LogP contribution in [0.4, 0.5) is 5.69 Å². The first-order valence-electron chi connectivity index (χ1n) is 6.23. The van der Waals surface area contributed by atoms with E-state index in [-0.39, 0.29) is 11.3 Å². The molecule has 110 valence electrons. The van der Waals surface area contributed by atoms with Crippen LogP contribution < -0.4 is 10.1 Å². The predicted octanol–water partition coefficient (Wildman–Crippen LogP) is 4.35. The lowest BCUT2D eigenvalue weighted by molar-refractivity contribution is 0.102. The molecule has 2 rings (SSSR count). The third kappa shape index (κ3) is 3.80. The molecule has 0 aromatic heterocycles. The molecule has 2 aromatic rings. The zero-order valence-corrected chi connectivity index (χ0v) is 12.7. The molecular formula is C15H13Cl2NO3. The maximum Gasteiger partial charge on any atom is 0.259 e. The number of hydrogen-bond donors (Lipinski definition) is 2. The summed E-state index contributed by atoms with van der Waals surface area (Å²) in [6.07, 6.45) is 0. The SMILES string of the molecule is CCOc1ccc(Cl)cc1NC(=O)c1cc(Cl)ccc1O. The molecule has 1 amide bonds. The molecular weight excluding hydrogens is 313 g/mol. The largest absolute Gasteiger partial charge is 0.507 e. The van der Waals surface area contributed by atoms with E-state index in [9.17, 15) is 9.90 Å². The number of halogens is 2. The van der Waals surface area contributed by atoms with Gasteiger partial charge in [-0.05, 0) is 43.3 Å². The molecule has 0 fully saturated rings. The number of amides is 1. The fourth-order valence-electron chi connectivity index (χ4n) is 1.76. The van der Waals surface area contributed by atoms with Gasteiger partial charge in [-0.25, -0.2) is 0 Å². The topological polar surface area (TPSA) is 58.6 Å². The van der Waals surface area contributed by atoms with Gasteiger partial charge in [0.05, 0.1) is 17.9 Å². The summed E-state index contributed by atoms with van der Waals surface area (Å²) >= 11 is 11.8. The van der Waals surface area contributed by atoms with E-state index >= 15 is 0 Å². The van der Waals surface area contributed by atoms with E-state index in [1.165, 1.54) is 18.2 Å². The zero-order chi connectivity index (χ0) is 15.4. The maximum absolute atomic E-state index is 12.2. The van der Waals surface area contributed by atoms with Crippen molar-refractivity contribution in [2.75, 3.05) is 11.9 Å². The minimum atomic E-state index is -0.502. The highest BCUT2D eigenvalue weighted by Gasteiger charge is 2.14. The molecule has 0 spiro atoms. The number of nitrogens with one attached hydrogen (secondary N) is 1. The van der Waals surface area contributed by atoms with E-state index < -0.39 is 5.91 Å². The van der Waals surface area contributed by atoms with Gasteiger partial charge < -0.3 is 15.2 Å². The van der Waals surface area contributed by atoms with Crippen molar-refractivity contribution in [1.29, 1.82) is 0 Å². The van der Waals surface area contributed by atoms with Crippen LogP contribution in [0.3, 0.4) is 0 Å². The minimum absolute atomic E-state index is 0.0740. The lowest BCUT2D eigenvalue weighted by atomic mass is 10.2. The molecule has 2 aromatic carbocycles. The van der Waals surface area contributed by atoms with Gasteiger partial charge in [-0.15, -0.1) is 0 Å². The van der Waals surface area contributed by atoms with Gasteiger partial charge in [0, 0.05) is 10.0 Å². The Bertz CT molecular complexity index is 674. The number of hydrogen-bond acceptors (Lipinski definition) is 3. The molecule has 0 saturated carbocycles. The third-order valence-corrected chi connectivity index (χ3v) is 3.16. The van der Waals surface area contributed by atoms with Gasteiger partial charge >= 0.3 is 0 Å². The van der Waals surface area contributed by atoms with Gasteiger partial charge in [-0.2, -0.15) is 0 Å². The highest BCUT2D eigenvalue weighted by molar-refractivity contribution is 6.31. The van der Waals surface area contributed by atoms with Crippen LogP contribution in [0.2, 0.25) is 10.0 Å². The van der Waals surface area contributed by atoms with Crippen molar-refractivity contribution in [3.8, 4) is 11.5 Å². The smallest absolute Gasteiger partial charge is 0.259 e. The van der Waals surface area contributed by atoms with E-state index in [0.717, 1.165) is 0 Å². The van der Waals surface area contributed by atoms with Crippen LogP contribution in [0.25, 0.3) is 0 Å². The Morgan fingerprint density at radius 1 is 1.19 bits per heavy atom. The van der Waals surface area contributed by atoms with Crippen molar-refractivity contribution >= 4 is 34.8 Å². The normalized spacial score (nSPS) is 10.2. The highest BCUT2D eigenvalue weighted by atomic mass is 35.5. The van der Waals surface area contributed by atoms with Gasteiger partial charge in [0.25, 0.3) is 5.91 Å². The van der Waals surface area contributed by atoms with Crippen molar-refractivity contribution in [3.63, 3.8) is 0 Å². The molecule has 0 atom stereocenters. The number of aromatic hydroxyl groups is 1. The summed E-state index contributed by atoms with van der Waals surface area (Å²) < 4.78 is 5.42. The van der Waals surface area contributed by atoms with Crippen molar-refractivity contribution in [2.45, 2.75) is 6.92 Å². The monoisotopic (exact) mass is 325 g/mol. The Labute approximate surface area is 132 Å². The maximum atomic E-state index is 12.2. The molecule has 6 heteroatoms. The quantitative estimate of drug-likeness (QED) is 0.878. The van der Waals surface area contributed by atoms with Crippen LogP contribution in [0.1, 0.15) is 17.3 Å². The molecule has 0 aliphatic heterocycles. The van der Waals surface area contributed by atoms with Crippen molar-refractivity contribution in [1.82, 2.24) is 0 Å². The Morgan fingerprint density at radius 2 is 1.86 bits per heavy atom. The lowest BCUT2D eigenvalue weighted by Crippen LogP contribution is -2.13. The molecule has 0 heterocycles. The summed E-state index contributed by atoms with van der Waals surface area (Å²) in [6, 6.07) is 9.15. The van der Waals surface area contributed by atoms with Gasteiger partial charge in [0.1, 0.15) is 11.5 Å². The number of phenolic OH excluding ortho intramolecular Hbond substituents is 1. The molecule has 0 saturated heterocycles. The van der Waals surface area contributed by atoms with E-state index in [1.807, 2.05) is 6.92 Å². The summed E-state index contributed by atoms with van der Waals surface area (Å²) in [4.78, 5) is 12.2. The lowest BCUT2D eigenvalue weighted by Gasteiger charge is -2.12. The summed E-state index contributed by atoms with van der Waals surface area (Å²) in [5.41, 5.74) is 0.499. The van der Waals surface area contributed by atoms with Crippen molar-refractivity contribution in [3.05, 3.63) is 52.0 Å². The Kier molecular flexibility index (Phi) is 4.94. The van der Waals surface area contributed by atoms with Crippen LogP contribution in [-0.2, 0) is 0 Å². The molecule has 4 nitrogen and oxygen atoms in total. The average molecular weight is 326 g/mol. The first kappa shape index (κ1) is 15.5. The van der Waals surface area contributed by atoms with E-state index in [0.29, 0.717) is 28.1 Å². The second kappa shape index (κ2) is 6.70. The molecule has 0 aliphatic rings. The summed E-state index contributed by atoms with van der Waals surface area (Å²) in [7, 11) is 0. The van der Waals surface area contributed by atoms with Crippen LogP contribution in [-0.4, -0.2) is 17.6 Å². The van der Waals surface area contributed by atoms with E-state index in [2.05, 4.69) is 5.32 Å². The van der Waals surface area contributed by atoms with Crippen LogP contribution >= 0.6 is 23.2 Å². The molecule has 0 bridgehead atoms. The number of rotatable bonds is 4. The first-order valence-corrected chi connectivity index (χ1v) is 6.99. The van der Waals surface area contributed by atoms with Gasteiger partial charge in [0.2, 0.25) is 0 Å². The highest BCUT2D eigenvalue weighted by Crippen LogP contribution is 2.30. The second-order valence-electron chi connectivity index (χ2n) is 4.19. The number of ether oxygens (including phenoxy) is 1. The van der Waals surface area contributed by atoms with Gasteiger partial charge in [0.15, 0.2) is 0 Å². The standard InChI is InChI=1S/C15H13Cl2NO3/c1-2-21-14-6-4-10(17)8-12(14)18-15(20)11-7-9(16)3-5-13(11)19/h3-8,19H,2H2,1H3,(H,18,20). The number of anilines is 1.